The number of nitrogens with zero attached hydrogens (tertiary/aromatic N) is 2. The number of hydrogen-bond acceptors (Lipinski definition) is 4. The Labute approximate surface area is 189 Å². The van der Waals surface area contributed by atoms with Crippen LogP contribution in [0.4, 0.5) is 0 Å². The van der Waals surface area contributed by atoms with Crippen molar-refractivity contribution in [2.24, 2.45) is 0 Å². The van der Waals surface area contributed by atoms with Crippen LogP contribution in [0.1, 0.15) is 33.1 Å². The third kappa shape index (κ3) is 3.63. The first-order chi connectivity index (χ1) is 15.7. The van der Waals surface area contributed by atoms with E-state index in [9.17, 15) is 4.79 Å². The van der Waals surface area contributed by atoms with Gasteiger partial charge in [-0.1, -0.05) is 48.5 Å². The van der Waals surface area contributed by atoms with Crippen molar-refractivity contribution in [2.45, 2.75) is 18.5 Å². The van der Waals surface area contributed by atoms with Gasteiger partial charge in [-0.15, -0.1) is 0 Å². The highest BCUT2D eigenvalue weighted by Crippen LogP contribution is 2.43. The molecular formula is C27H28N2O3. The minimum atomic E-state index is 0.111. The number of carbonyl (C=O) groups excluding carboxylic acids is 1. The number of piperazine rings is 1. The first-order valence-electron chi connectivity index (χ1n) is 11.1. The Morgan fingerprint density at radius 1 is 0.875 bits per heavy atom. The molecular weight excluding hydrogens is 400 g/mol. The van der Waals surface area contributed by atoms with E-state index in [2.05, 4.69) is 47.4 Å². The third-order valence-electron chi connectivity index (χ3n) is 6.68. The van der Waals surface area contributed by atoms with E-state index in [-0.39, 0.29) is 18.0 Å². The maximum absolute atomic E-state index is 13.1. The van der Waals surface area contributed by atoms with Gasteiger partial charge in [-0.05, 0) is 47.4 Å². The molecule has 0 saturated carbocycles. The van der Waals surface area contributed by atoms with Crippen LogP contribution in [0.3, 0.4) is 0 Å². The van der Waals surface area contributed by atoms with Gasteiger partial charge in [0.15, 0.2) is 11.5 Å². The molecule has 2 unspecified atom stereocenters. The minimum absolute atomic E-state index is 0.111. The molecule has 0 N–H and O–H groups in total. The Balaban J connectivity index is 1.52. The summed E-state index contributed by atoms with van der Waals surface area (Å²) < 4.78 is 11.2. The van der Waals surface area contributed by atoms with Gasteiger partial charge in [0.05, 0.1) is 20.3 Å². The van der Waals surface area contributed by atoms with Crippen molar-refractivity contribution in [2.75, 3.05) is 33.9 Å². The number of methoxy groups -OCH3 is 2. The minimum Gasteiger partial charge on any atom is -0.493 e. The Bertz CT molecular complexity index is 1100. The molecule has 164 valence electrons. The summed E-state index contributed by atoms with van der Waals surface area (Å²) in [6.45, 7) is 2.26. The lowest BCUT2D eigenvalue weighted by molar-refractivity contribution is 0.0337. The molecule has 5 nitrogen and oxygen atoms in total. The monoisotopic (exact) mass is 428 g/mol. The molecule has 5 rings (SSSR count). The third-order valence-corrected chi connectivity index (χ3v) is 6.68. The van der Waals surface area contributed by atoms with Crippen molar-refractivity contribution in [1.82, 2.24) is 9.80 Å². The molecule has 5 heteroatoms. The highest BCUT2D eigenvalue weighted by Gasteiger charge is 2.40. The smallest absolute Gasteiger partial charge is 0.253 e. The molecule has 2 aliphatic rings. The Morgan fingerprint density at radius 3 is 2.22 bits per heavy atom. The fourth-order valence-corrected chi connectivity index (χ4v) is 5.15. The second-order valence-corrected chi connectivity index (χ2v) is 8.43. The average Bonchev–Trinajstić information content (AvgIpc) is 2.86. The molecule has 0 bridgehead atoms. The molecule has 2 aliphatic heterocycles. The number of carbonyl (C=O) groups is 1. The van der Waals surface area contributed by atoms with Crippen LogP contribution in [0.5, 0.6) is 11.5 Å². The molecule has 32 heavy (non-hydrogen) atoms. The van der Waals surface area contributed by atoms with E-state index in [1.165, 1.54) is 16.7 Å². The van der Waals surface area contributed by atoms with Crippen LogP contribution in [0.25, 0.3) is 0 Å². The molecule has 3 aromatic rings. The SMILES string of the molecule is COc1cc2c(cc1OC)C(c1ccccc1)N1CCN(C(=O)c3ccccc3)CC1C2. The van der Waals surface area contributed by atoms with Gasteiger partial charge < -0.3 is 14.4 Å². The summed E-state index contributed by atoms with van der Waals surface area (Å²) in [5, 5.41) is 0. The first kappa shape index (κ1) is 20.6. The fraction of sp³-hybridized carbons (Fsp3) is 0.296. The molecule has 1 fully saturated rings. The first-order valence-corrected chi connectivity index (χ1v) is 11.1. The molecule has 2 heterocycles. The lowest BCUT2D eigenvalue weighted by Crippen LogP contribution is -2.58. The lowest BCUT2D eigenvalue weighted by Gasteiger charge is -2.49. The molecule has 1 amide bonds. The van der Waals surface area contributed by atoms with Crippen LogP contribution in [0, 0.1) is 0 Å². The summed E-state index contributed by atoms with van der Waals surface area (Å²) >= 11 is 0. The van der Waals surface area contributed by atoms with Crippen molar-refractivity contribution in [3.8, 4) is 11.5 Å². The molecule has 0 spiro atoms. The number of fused-ring (bicyclic) bond motifs is 2. The molecule has 0 aliphatic carbocycles. The summed E-state index contributed by atoms with van der Waals surface area (Å²) in [7, 11) is 3.36. The maximum Gasteiger partial charge on any atom is 0.253 e. The topological polar surface area (TPSA) is 42.0 Å². The predicted molar refractivity (Wildman–Crippen MR) is 124 cm³/mol. The largest absolute Gasteiger partial charge is 0.493 e. The zero-order valence-electron chi connectivity index (χ0n) is 18.5. The van der Waals surface area contributed by atoms with Gasteiger partial charge in [0.1, 0.15) is 0 Å². The van der Waals surface area contributed by atoms with Crippen LogP contribution in [-0.4, -0.2) is 55.6 Å². The summed E-state index contributed by atoms with van der Waals surface area (Å²) in [6, 6.07) is 24.8. The van der Waals surface area contributed by atoms with E-state index < -0.39 is 0 Å². The number of rotatable bonds is 4. The van der Waals surface area contributed by atoms with Crippen LogP contribution in [0.15, 0.2) is 72.8 Å². The van der Waals surface area contributed by atoms with Crippen molar-refractivity contribution in [1.29, 1.82) is 0 Å². The molecule has 3 aromatic carbocycles. The van der Waals surface area contributed by atoms with Gasteiger partial charge in [-0.25, -0.2) is 0 Å². The number of hydrogen-bond donors (Lipinski definition) is 0. The maximum atomic E-state index is 13.1. The van der Waals surface area contributed by atoms with Crippen molar-refractivity contribution < 1.29 is 14.3 Å². The average molecular weight is 429 g/mol. The van der Waals surface area contributed by atoms with Gasteiger partial charge in [0.2, 0.25) is 0 Å². The van der Waals surface area contributed by atoms with Crippen molar-refractivity contribution >= 4 is 5.91 Å². The lowest BCUT2D eigenvalue weighted by atomic mass is 9.83. The van der Waals surface area contributed by atoms with Crippen molar-refractivity contribution in [3.05, 3.63) is 95.1 Å². The predicted octanol–water partition coefficient (Wildman–Crippen LogP) is 4.18. The van der Waals surface area contributed by atoms with E-state index in [4.69, 9.17) is 9.47 Å². The van der Waals surface area contributed by atoms with Crippen LogP contribution >= 0.6 is 0 Å². The summed E-state index contributed by atoms with van der Waals surface area (Å²) in [4.78, 5) is 17.7. The van der Waals surface area contributed by atoms with Gasteiger partial charge in [0, 0.05) is 31.2 Å². The second-order valence-electron chi connectivity index (χ2n) is 8.43. The number of amides is 1. The Kier molecular flexibility index (Phi) is 5.58. The zero-order chi connectivity index (χ0) is 22.1. The molecule has 1 saturated heterocycles. The molecule has 0 radical (unpaired) electrons. The quantitative estimate of drug-likeness (QED) is 0.625. The summed E-state index contributed by atoms with van der Waals surface area (Å²) in [5.74, 6) is 1.61. The number of ether oxygens (including phenoxy) is 2. The fourth-order valence-electron chi connectivity index (χ4n) is 5.15. The number of benzene rings is 3. The Hall–Kier alpha value is -3.31. The van der Waals surface area contributed by atoms with Crippen molar-refractivity contribution in [3.63, 3.8) is 0 Å². The standard InChI is InChI=1S/C27H28N2O3/c1-31-24-16-21-15-22-18-28(27(30)20-11-7-4-8-12-20)13-14-29(22)26(19-9-5-3-6-10-19)23(21)17-25(24)32-2/h3-12,16-17,22,26H,13-15,18H2,1-2H3. The Morgan fingerprint density at radius 2 is 1.53 bits per heavy atom. The summed E-state index contributed by atoms with van der Waals surface area (Å²) in [6.07, 6.45) is 0.873. The highest BCUT2D eigenvalue weighted by molar-refractivity contribution is 5.94. The normalized spacial score (nSPS) is 20.2. The van der Waals surface area contributed by atoms with E-state index in [1.54, 1.807) is 14.2 Å². The van der Waals surface area contributed by atoms with Crippen LogP contribution in [0.2, 0.25) is 0 Å². The second kappa shape index (κ2) is 8.67. The molecule has 2 atom stereocenters. The van der Waals surface area contributed by atoms with E-state index in [0.29, 0.717) is 6.54 Å². The van der Waals surface area contributed by atoms with Crippen LogP contribution < -0.4 is 9.47 Å². The van der Waals surface area contributed by atoms with E-state index in [0.717, 1.165) is 36.6 Å². The van der Waals surface area contributed by atoms with Gasteiger partial charge in [-0.2, -0.15) is 0 Å². The highest BCUT2D eigenvalue weighted by atomic mass is 16.5. The van der Waals surface area contributed by atoms with E-state index >= 15 is 0 Å². The summed E-state index contributed by atoms with van der Waals surface area (Å²) in [5.41, 5.74) is 4.52. The van der Waals surface area contributed by atoms with Gasteiger partial charge >= 0.3 is 0 Å². The zero-order valence-corrected chi connectivity index (χ0v) is 18.5. The van der Waals surface area contributed by atoms with Gasteiger partial charge in [-0.3, -0.25) is 9.69 Å². The van der Waals surface area contributed by atoms with Gasteiger partial charge in [0.25, 0.3) is 5.91 Å². The van der Waals surface area contributed by atoms with E-state index in [1.807, 2.05) is 35.2 Å². The van der Waals surface area contributed by atoms with Crippen LogP contribution in [-0.2, 0) is 6.42 Å². The molecule has 0 aromatic heterocycles.